The molecular formula is C10H17NOS. The summed E-state index contributed by atoms with van der Waals surface area (Å²) in [6, 6.07) is 0.557. The van der Waals surface area contributed by atoms with Gasteiger partial charge in [-0.1, -0.05) is 13.8 Å². The van der Waals surface area contributed by atoms with E-state index in [1.165, 1.54) is 19.3 Å². The van der Waals surface area contributed by atoms with Crippen molar-refractivity contribution in [3.8, 4) is 0 Å². The smallest absolute Gasteiger partial charge is 0.0924 e. The van der Waals surface area contributed by atoms with Crippen molar-refractivity contribution in [3.05, 3.63) is 0 Å². The molecule has 2 bridgehead atoms. The topological polar surface area (TPSA) is 29.1 Å². The Morgan fingerprint density at radius 3 is 2.85 bits per heavy atom. The quantitative estimate of drug-likeness (QED) is 0.628. The Labute approximate surface area is 82.1 Å². The Balaban J connectivity index is 2.09. The van der Waals surface area contributed by atoms with Crippen LogP contribution in [0.5, 0.6) is 0 Å². The molecule has 1 heterocycles. The summed E-state index contributed by atoms with van der Waals surface area (Å²) in [4.78, 5) is 0. The molecule has 1 N–H and O–H groups in total. The van der Waals surface area contributed by atoms with Gasteiger partial charge in [-0.2, -0.15) is 0 Å². The molecule has 1 aliphatic heterocycles. The minimum atomic E-state index is -0.741. The number of hydrogen-bond acceptors (Lipinski definition) is 1. The molecule has 1 spiro atoms. The summed E-state index contributed by atoms with van der Waals surface area (Å²) in [5.74, 6) is 1.78. The van der Waals surface area contributed by atoms with Crippen molar-refractivity contribution in [1.82, 2.24) is 4.72 Å². The molecule has 2 saturated carbocycles. The van der Waals surface area contributed by atoms with Crippen LogP contribution in [0, 0.1) is 16.7 Å². The van der Waals surface area contributed by atoms with Gasteiger partial charge in [0.15, 0.2) is 0 Å². The molecular weight excluding hydrogens is 182 g/mol. The summed E-state index contributed by atoms with van der Waals surface area (Å²) in [7, 11) is -0.741. The molecule has 3 rings (SSSR count). The van der Waals surface area contributed by atoms with Crippen molar-refractivity contribution >= 4 is 11.0 Å². The summed E-state index contributed by atoms with van der Waals surface area (Å²) in [5.41, 5.74) is 0.805. The van der Waals surface area contributed by atoms with Crippen LogP contribution in [-0.4, -0.2) is 16.0 Å². The Bertz CT molecular complexity index is 289. The Kier molecular flexibility index (Phi) is 1.42. The van der Waals surface area contributed by atoms with E-state index in [4.69, 9.17) is 0 Å². The zero-order valence-corrected chi connectivity index (χ0v) is 9.12. The van der Waals surface area contributed by atoms with E-state index in [2.05, 4.69) is 18.6 Å². The average molecular weight is 199 g/mol. The van der Waals surface area contributed by atoms with Gasteiger partial charge in [-0.05, 0) is 30.6 Å². The Morgan fingerprint density at radius 2 is 2.23 bits per heavy atom. The first-order chi connectivity index (χ1) is 6.06. The summed E-state index contributed by atoms with van der Waals surface area (Å²) >= 11 is 0. The van der Waals surface area contributed by atoms with E-state index in [1.54, 1.807) is 0 Å². The van der Waals surface area contributed by atoms with Gasteiger partial charge in [-0.15, -0.1) is 0 Å². The maximum atomic E-state index is 11.5. The lowest BCUT2D eigenvalue weighted by Crippen LogP contribution is -2.39. The van der Waals surface area contributed by atoms with Gasteiger partial charge in [-0.3, -0.25) is 0 Å². The number of hydrogen-bond donors (Lipinski definition) is 1. The van der Waals surface area contributed by atoms with Crippen LogP contribution in [0.2, 0.25) is 0 Å². The fourth-order valence-corrected chi connectivity index (χ4v) is 5.93. The second-order valence-corrected chi connectivity index (χ2v) is 6.72. The van der Waals surface area contributed by atoms with Crippen LogP contribution in [0.3, 0.4) is 0 Å². The highest BCUT2D eigenvalue weighted by Crippen LogP contribution is 2.67. The third-order valence-electron chi connectivity index (χ3n) is 5.09. The van der Waals surface area contributed by atoms with Crippen molar-refractivity contribution < 1.29 is 4.21 Å². The van der Waals surface area contributed by atoms with E-state index in [1.807, 2.05) is 0 Å². The van der Waals surface area contributed by atoms with Crippen molar-refractivity contribution in [2.75, 3.05) is 5.75 Å². The molecule has 1 saturated heterocycles. The zero-order valence-electron chi connectivity index (χ0n) is 8.30. The molecule has 3 aliphatic rings. The first kappa shape index (κ1) is 8.42. The predicted molar refractivity (Wildman–Crippen MR) is 53.5 cm³/mol. The van der Waals surface area contributed by atoms with Crippen molar-refractivity contribution in [2.45, 2.75) is 39.2 Å². The summed E-state index contributed by atoms with van der Waals surface area (Å²) in [6.07, 6.45) is 3.93. The summed E-state index contributed by atoms with van der Waals surface area (Å²) in [5, 5.41) is 0. The second-order valence-electron chi connectivity index (χ2n) is 5.51. The molecule has 2 nitrogen and oxygen atoms in total. The van der Waals surface area contributed by atoms with Gasteiger partial charge in [0.05, 0.1) is 11.0 Å². The molecule has 0 amide bonds. The first-order valence-electron chi connectivity index (χ1n) is 5.21. The zero-order chi connectivity index (χ0) is 9.27. The van der Waals surface area contributed by atoms with Crippen LogP contribution < -0.4 is 4.72 Å². The van der Waals surface area contributed by atoms with Gasteiger partial charge in [0.1, 0.15) is 0 Å². The molecule has 13 heavy (non-hydrogen) atoms. The van der Waals surface area contributed by atoms with E-state index in [-0.39, 0.29) is 0 Å². The standard InChI is InChI=1S/C10H17NOS/c1-9(2)7-3-4-10(9)6-13(12)11-8(10)5-7/h7-8,11H,3-6H2,1-2H3/t7-,8+,10-,13+/m1/s1. The lowest BCUT2D eigenvalue weighted by atomic mass is 9.69. The van der Waals surface area contributed by atoms with Gasteiger partial charge < -0.3 is 0 Å². The van der Waals surface area contributed by atoms with Crippen LogP contribution in [0.4, 0.5) is 0 Å². The minimum Gasteiger partial charge on any atom is -0.243 e. The number of nitrogens with one attached hydrogen (secondary N) is 1. The Morgan fingerprint density at radius 1 is 1.46 bits per heavy atom. The molecule has 0 aromatic rings. The van der Waals surface area contributed by atoms with Crippen molar-refractivity contribution in [1.29, 1.82) is 0 Å². The predicted octanol–water partition coefficient (Wildman–Crippen LogP) is 1.45. The van der Waals surface area contributed by atoms with Crippen molar-refractivity contribution in [3.63, 3.8) is 0 Å². The first-order valence-corrected chi connectivity index (χ1v) is 6.53. The SMILES string of the molecule is CC1(C)[C@@H]2CC[C@]13C[S@](=O)N[C@H]3C2. The van der Waals surface area contributed by atoms with Crippen LogP contribution in [-0.2, 0) is 11.0 Å². The third-order valence-corrected chi connectivity index (χ3v) is 6.42. The lowest BCUT2D eigenvalue weighted by molar-refractivity contribution is 0.146. The number of fused-ring (bicyclic) bond motifs is 1. The van der Waals surface area contributed by atoms with Gasteiger partial charge in [-0.25, -0.2) is 8.93 Å². The third kappa shape index (κ3) is 0.769. The minimum absolute atomic E-state index is 0.378. The molecule has 0 aromatic carbocycles. The molecule has 0 radical (unpaired) electrons. The maximum Gasteiger partial charge on any atom is 0.0924 e. The van der Waals surface area contributed by atoms with E-state index < -0.39 is 11.0 Å². The van der Waals surface area contributed by atoms with Crippen molar-refractivity contribution in [2.24, 2.45) is 16.7 Å². The average Bonchev–Trinajstić information content (AvgIpc) is 2.55. The van der Waals surface area contributed by atoms with E-state index >= 15 is 0 Å². The lowest BCUT2D eigenvalue weighted by Gasteiger charge is -2.36. The second kappa shape index (κ2) is 2.19. The largest absolute Gasteiger partial charge is 0.243 e. The molecule has 74 valence electrons. The van der Waals surface area contributed by atoms with E-state index in [9.17, 15) is 4.21 Å². The molecule has 4 atom stereocenters. The highest BCUT2D eigenvalue weighted by atomic mass is 32.2. The molecule has 0 aromatic heterocycles. The molecule has 2 aliphatic carbocycles. The van der Waals surface area contributed by atoms with Gasteiger partial charge in [0.25, 0.3) is 0 Å². The molecule has 3 heteroatoms. The van der Waals surface area contributed by atoms with Gasteiger partial charge in [0.2, 0.25) is 0 Å². The maximum absolute atomic E-state index is 11.5. The van der Waals surface area contributed by atoms with Crippen LogP contribution in [0.25, 0.3) is 0 Å². The van der Waals surface area contributed by atoms with E-state index in [0.717, 1.165) is 11.7 Å². The number of rotatable bonds is 0. The van der Waals surface area contributed by atoms with Crippen LogP contribution in [0.1, 0.15) is 33.1 Å². The molecule has 0 unspecified atom stereocenters. The fourth-order valence-electron chi connectivity index (χ4n) is 4.02. The summed E-state index contributed by atoms with van der Waals surface area (Å²) in [6.45, 7) is 4.77. The molecule has 3 fully saturated rings. The summed E-state index contributed by atoms with van der Waals surface area (Å²) < 4.78 is 14.8. The highest BCUT2D eigenvalue weighted by molar-refractivity contribution is 7.83. The van der Waals surface area contributed by atoms with E-state index in [0.29, 0.717) is 16.9 Å². The normalized spacial score (nSPS) is 56.9. The fraction of sp³-hybridized carbons (Fsp3) is 1.00. The Hall–Kier alpha value is 0.110. The van der Waals surface area contributed by atoms with Gasteiger partial charge >= 0.3 is 0 Å². The highest BCUT2D eigenvalue weighted by Gasteiger charge is 2.67. The van der Waals surface area contributed by atoms with Crippen LogP contribution >= 0.6 is 0 Å². The monoisotopic (exact) mass is 199 g/mol. The van der Waals surface area contributed by atoms with Gasteiger partial charge in [0, 0.05) is 17.2 Å². The van der Waals surface area contributed by atoms with Crippen LogP contribution in [0.15, 0.2) is 0 Å².